The molecule has 10 nitrogen and oxygen atoms in total. The van der Waals surface area contributed by atoms with Gasteiger partial charge in [0.15, 0.2) is 0 Å². The van der Waals surface area contributed by atoms with Crippen molar-refractivity contribution in [1.82, 2.24) is 15.5 Å². The summed E-state index contributed by atoms with van der Waals surface area (Å²) in [4.78, 5) is 52.1. The molecule has 0 saturated carbocycles. The molecule has 35 heavy (non-hydrogen) atoms. The zero-order valence-corrected chi connectivity index (χ0v) is 20.9. The van der Waals surface area contributed by atoms with E-state index in [2.05, 4.69) is 10.6 Å². The topological polar surface area (TPSA) is 162 Å². The highest BCUT2D eigenvalue weighted by Crippen LogP contribution is 2.20. The van der Waals surface area contributed by atoms with Gasteiger partial charge < -0.3 is 31.5 Å². The molecule has 1 aliphatic heterocycles. The minimum Gasteiger partial charge on any atom is -0.508 e. The number of phenols is 1. The first-order valence-corrected chi connectivity index (χ1v) is 12.1. The molecule has 194 valence electrons. The molecule has 1 aliphatic rings. The molecule has 1 aromatic carbocycles. The number of phenolic OH excluding ortho intramolecular Hbond substituents is 1. The number of benzene rings is 1. The van der Waals surface area contributed by atoms with Gasteiger partial charge in [0, 0.05) is 6.54 Å². The second-order valence-corrected chi connectivity index (χ2v) is 9.93. The Hall–Kier alpha value is -3.14. The number of aromatic hydroxyl groups is 1. The normalized spacial score (nSPS) is 18.3. The fraction of sp³-hybridized carbons (Fsp3) is 0.600. The molecule has 4 atom stereocenters. The van der Waals surface area contributed by atoms with Crippen LogP contribution in [0.5, 0.6) is 5.75 Å². The van der Waals surface area contributed by atoms with Gasteiger partial charge in [-0.15, -0.1) is 0 Å². The van der Waals surface area contributed by atoms with Crippen molar-refractivity contribution in [3.05, 3.63) is 29.8 Å². The molecule has 6 N–H and O–H groups in total. The first-order chi connectivity index (χ1) is 16.4. The van der Waals surface area contributed by atoms with Crippen molar-refractivity contribution in [1.29, 1.82) is 0 Å². The number of likely N-dealkylation sites (tertiary alicyclic amines) is 1. The van der Waals surface area contributed by atoms with Crippen LogP contribution in [-0.2, 0) is 25.6 Å². The van der Waals surface area contributed by atoms with Crippen molar-refractivity contribution in [3.8, 4) is 5.75 Å². The molecular weight excluding hydrogens is 452 g/mol. The lowest BCUT2D eigenvalue weighted by Gasteiger charge is -2.29. The van der Waals surface area contributed by atoms with E-state index in [9.17, 15) is 29.4 Å². The Morgan fingerprint density at radius 1 is 1.09 bits per heavy atom. The lowest BCUT2D eigenvalue weighted by Crippen LogP contribution is -2.57. The molecule has 1 heterocycles. The van der Waals surface area contributed by atoms with Crippen molar-refractivity contribution in [2.24, 2.45) is 17.6 Å². The summed E-state index contributed by atoms with van der Waals surface area (Å²) in [6.45, 7) is 7.57. The van der Waals surface area contributed by atoms with Crippen molar-refractivity contribution in [3.63, 3.8) is 0 Å². The van der Waals surface area contributed by atoms with Crippen molar-refractivity contribution < 1.29 is 29.4 Å². The summed E-state index contributed by atoms with van der Waals surface area (Å²) in [5, 5.41) is 24.1. The first-order valence-electron chi connectivity index (χ1n) is 12.1. The van der Waals surface area contributed by atoms with E-state index in [1.54, 1.807) is 26.0 Å². The van der Waals surface area contributed by atoms with Crippen molar-refractivity contribution in [2.75, 3.05) is 6.54 Å². The van der Waals surface area contributed by atoms with E-state index < -0.39 is 42.0 Å². The standard InChI is InChI=1S/C25H38N4O6/c1-14(2)12-19(22(31)28-21(15(3)4)25(34)35)27-23(32)20-6-5-11-29(20)24(33)18(26)13-16-7-9-17(30)10-8-16/h7-10,14-15,18-21,30H,5-6,11-13,26H2,1-4H3,(H,27,32)(H,28,31)(H,34,35). The van der Waals surface area contributed by atoms with E-state index in [0.717, 1.165) is 5.56 Å². The summed E-state index contributed by atoms with van der Waals surface area (Å²) < 4.78 is 0. The Labute approximate surface area is 206 Å². The number of amides is 3. The van der Waals surface area contributed by atoms with Crippen molar-refractivity contribution in [2.45, 2.75) is 77.5 Å². The number of carboxylic acid groups (broad SMARTS) is 1. The summed E-state index contributed by atoms with van der Waals surface area (Å²) in [6.07, 6.45) is 1.66. The largest absolute Gasteiger partial charge is 0.508 e. The Bertz CT molecular complexity index is 902. The van der Waals surface area contributed by atoms with Crippen LogP contribution >= 0.6 is 0 Å². The molecule has 4 unspecified atom stereocenters. The molecule has 10 heteroatoms. The number of nitrogens with two attached hydrogens (primary N) is 1. The number of carbonyl (C=O) groups excluding carboxylic acids is 3. The minimum absolute atomic E-state index is 0.0634. The number of nitrogens with one attached hydrogen (secondary N) is 2. The Morgan fingerprint density at radius 3 is 2.26 bits per heavy atom. The van der Waals surface area contributed by atoms with Gasteiger partial charge in [0.25, 0.3) is 0 Å². The number of aliphatic carboxylic acids is 1. The molecule has 3 amide bonds. The highest BCUT2D eigenvalue weighted by Gasteiger charge is 2.38. The van der Waals surface area contributed by atoms with Gasteiger partial charge in [-0.2, -0.15) is 0 Å². The molecule has 0 spiro atoms. The summed E-state index contributed by atoms with van der Waals surface area (Å²) in [7, 11) is 0. The van der Waals surface area contributed by atoms with E-state index in [1.165, 1.54) is 17.0 Å². The molecule has 0 aromatic heterocycles. The molecule has 1 saturated heterocycles. The molecule has 1 fully saturated rings. The maximum absolute atomic E-state index is 13.2. The van der Waals surface area contributed by atoms with Crippen LogP contribution in [0, 0.1) is 11.8 Å². The highest BCUT2D eigenvalue weighted by atomic mass is 16.4. The molecule has 0 radical (unpaired) electrons. The van der Waals surface area contributed by atoms with Gasteiger partial charge in [0.1, 0.15) is 23.9 Å². The fourth-order valence-corrected chi connectivity index (χ4v) is 4.23. The number of carboxylic acids is 1. The monoisotopic (exact) mass is 490 g/mol. The zero-order chi connectivity index (χ0) is 26.3. The van der Waals surface area contributed by atoms with Gasteiger partial charge in [-0.3, -0.25) is 14.4 Å². The average Bonchev–Trinajstić information content (AvgIpc) is 3.27. The number of rotatable bonds is 11. The van der Waals surface area contributed by atoms with E-state index >= 15 is 0 Å². The minimum atomic E-state index is -1.14. The van der Waals surface area contributed by atoms with Crippen LogP contribution in [0.3, 0.4) is 0 Å². The van der Waals surface area contributed by atoms with Crippen LogP contribution in [0.4, 0.5) is 0 Å². The van der Waals surface area contributed by atoms with Crippen LogP contribution in [0.1, 0.15) is 52.5 Å². The lowest BCUT2D eigenvalue weighted by molar-refractivity contribution is -0.144. The van der Waals surface area contributed by atoms with Gasteiger partial charge >= 0.3 is 5.97 Å². The van der Waals surface area contributed by atoms with Gasteiger partial charge in [0.2, 0.25) is 17.7 Å². The quantitative estimate of drug-likeness (QED) is 0.309. The van der Waals surface area contributed by atoms with Crippen LogP contribution in [0.2, 0.25) is 0 Å². The SMILES string of the molecule is CC(C)CC(NC(=O)C1CCCN1C(=O)C(N)Cc1ccc(O)cc1)C(=O)NC(C(=O)O)C(C)C. The summed E-state index contributed by atoms with van der Waals surface area (Å²) >= 11 is 0. The van der Waals surface area contributed by atoms with Crippen LogP contribution < -0.4 is 16.4 Å². The Morgan fingerprint density at radius 2 is 1.71 bits per heavy atom. The number of carbonyl (C=O) groups is 4. The third kappa shape index (κ3) is 7.95. The van der Waals surface area contributed by atoms with Gasteiger partial charge in [-0.05, 0) is 55.2 Å². The summed E-state index contributed by atoms with van der Waals surface area (Å²) in [5.41, 5.74) is 6.94. The van der Waals surface area contributed by atoms with Crippen LogP contribution in [0.15, 0.2) is 24.3 Å². The summed E-state index contributed by atoms with van der Waals surface area (Å²) in [5.74, 6) is -2.66. The van der Waals surface area contributed by atoms with E-state index in [-0.39, 0.29) is 29.9 Å². The van der Waals surface area contributed by atoms with Crippen LogP contribution in [0.25, 0.3) is 0 Å². The van der Waals surface area contributed by atoms with E-state index in [1.807, 2.05) is 13.8 Å². The fourth-order valence-electron chi connectivity index (χ4n) is 4.23. The highest BCUT2D eigenvalue weighted by molar-refractivity contribution is 5.94. The van der Waals surface area contributed by atoms with Gasteiger partial charge in [-0.25, -0.2) is 4.79 Å². The predicted molar refractivity (Wildman–Crippen MR) is 130 cm³/mol. The Kier molecular flexibility index (Phi) is 10.1. The third-order valence-corrected chi connectivity index (χ3v) is 6.12. The lowest BCUT2D eigenvalue weighted by atomic mass is 10.00. The second kappa shape index (κ2) is 12.5. The van der Waals surface area contributed by atoms with Crippen molar-refractivity contribution >= 4 is 23.7 Å². The van der Waals surface area contributed by atoms with Gasteiger partial charge in [0.05, 0.1) is 6.04 Å². The second-order valence-electron chi connectivity index (χ2n) is 9.93. The zero-order valence-electron chi connectivity index (χ0n) is 20.9. The molecule has 0 bridgehead atoms. The predicted octanol–water partition coefficient (Wildman–Crippen LogP) is 1.01. The number of hydrogen-bond acceptors (Lipinski definition) is 6. The third-order valence-electron chi connectivity index (χ3n) is 6.12. The maximum atomic E-state index is 13.2. The van der Waals surface area contributed by atoms with E-state index in [4.69, 9.17) is 5.73 Å². The maximum Gasteiger partial charge on any atom is 0.326 e. The number of hydrogen-bond donors (Lipinski definition) is 5. The average molecular weight is 491 g/mol. The molecule has 2 rings (SSSR count). The summed E-state index contributed by atoms with van der Waals surface area (Å²) in [6, 6.07) is 2.81. The smallest absolute Gasteiger partial charge is 0.326 e. The van der Waals surface area contributed by atoms with Gasteiger partial charge in [-0.1, -0.05) is 39.8 Å². The molecular formula is C25H38N4O6. The molecule has 1 aromatic rings. The first kappa shape index (κ1) is 28.1. The van der Waals surface area contributed by atoms with Crippen LogP contribution in [-0.4, -0.2) is 69.5 Å². The molecule has 0 aliphatic carbocycles. The van der Waals surface area contributed by atoms with E-state index in [0.29, 0.717) is 25.8 Å². The Balaban J connectivity index is 2.08. The number of nitrogens with zero attached hydrogens (tertiary/aromatic N) is 1.